The highest BCUT2D eigenvalue weighted by Crippen LogP contribution is 2.27. The van der Waals surface area contributed by atoms with Crippen molar-refractivity contribution in [3.05, 3.63) is 41.7 Å². The lowest BCUT2D eigenvalue weighted by atomic mass is 10.0. The van der Waals surface area contributed by atoms with Gasteiger partial charge in [0, 0.05) is 11.6 Å². The van der Waals surface area contributed by atoms with E-state index in [9.17, 15) is 4.39 Å². The number of hydrogen-bond acceptors (Lipinski definition) is 2. The molecule has 3 heteroatoms. The number of benzene rings is 1. The highest BCUT2D eigenvalue weighted by Gasteiger charge is 2.14. The van der Waals surface area contributed by atoms with Gasteiger partial charge in [-0.05, 0) is 50.5 Å². The average Bonchev–Trinajstić information content (AvgIpc) is 2.32. The molecule has 92 valence electrons. The molecular weight excluding hydrogens is 217 g/mol. The molecule has 2 N–H and O–H groups in total. The van der Waals surface area contributed by atoms with Crippen molar-refractivity contribution in [3.63, 3.8) is 0 Å². The third-order valence-electron chi connectivity index (χ3n) is 2.95. The second-order valence-corrected chi connectivity index (χ2v) is 4.49. The van der Waals surface area contributed by atoms with E-state index >= 15 is 0 Å². The first-order chi connectivity index (χ1) is 8.16. The molecule has 2 atom stereocenters. The molecular formula is C14H18FNO. The second kappa shape index (κ2) is 5.32. The third kappa shape index (κ3) is 3.07. The summed E-state index contributed by atoms with van der Waals surface area (Å²) in [4.78, 5) is 0. The molecule has 0 amide bonds. The van der Waals surface area contributed by atoms with Gasteiger partial charge in [0.05, 0.1) is 0 Å². The number of halogens is 1. The molecule has 0 heterocycles. The van der Waals surface area contributed by atoms with Crippen LogP contribution < -0.4 is 10.5 Å². The molecule has 0 bridgehead atoms. The van der Waals surface area contributed by atoms with Crippen LogP contribution >= 0.6 is 0 Å². The Bertz CT molecular complexity index is 415. The monoisotopic (exact) mass is 235 g/mol. The van der Waals surface area contributed by atoms with Gasteiger partial charge in [-0.25, -0.2) is 4.39 Å². The maximum absolute atomic E-state index is 13.2. The quantitative estimate of drug-likeness (QED) is 0.815. The minimum absolute atomic E-state index is 0.0895. The highest BCUT2D eigenvalue weighted by molar-refractivity contribution is 5.36. The molecule has 0 aliphatic heterocycles. The van der Waals surface area contributed by atoms with Crippen LogP contribution in [0.1, 0.15) is 37.8 Å². The van der Waals surface area contributed by atoms with E-state index in [0.717, 1.165) is 24.8 Å². The summed E-state index contributed by atoms with van der Waals surface area (Å²) in [5, 5.41) is 0. The summed E-state index contributed by atoms with van der Waals surface area (Å²) in [7, 11) is 0. The first-order valence-corrected chi connectivity index (χ1v) is 6.05. The molecule has 1 aromatic carbocycles. The SMILES string of the molecule is C[C@@H](N)c1cc(F)ccc1OC1C=CCCC1. The lowest BCUT2D eigenvalue weighted by molar-refractivity contribution is 0.226. The molecule has 1 unspecified atom stereocenters. The van der Waals surface area contributed by atoms with Crippen LogP contribution in [0.15, 0.2) is 30.4 Å². The van der Waals surface area contributed by atoms with Gasteiger partial charge in [0.2, 0.25) is 0 Å². The van der Waals surface area contributed by atoms with Crippen LogP contribution in [0.5, 0.6) is 5.75 Å². The van der Waals surface area contributed by atoms with Crippen LogP contribution in [0.3, 0.4) is 0 Å². The Balaban J connectivity index is 2.19. The normalized spacial score (nSPS) is 21.2. The number of allylic oxidation sites excluding steroid dienone is 1. The van der Waals surface area contributed by atoms with Gasteiger partial charge in [-0.1, -0.05) is 6.08 Å². The Morgan fingerprint density at radius 1 is 1.47 bits per heavy atom. The highest BCUT2D eigenvalue weighted by atomic mass is 19.1. The lowest BCUT2D eigenvalue weighted by Gasteiger charge is -2.21. The predicted molar refractivity (Wildman–Crippen MR) is 66.4 cm³/mol. The molecule has 0 aromatic heterocycles. The molecule has 0 saturated heterocycles. The molecule has 0 spiro atoms. The van der Waals surface area contributed by atoms with E-state index in [2.05, 4.69) is 12.2 Å². The summed E-state index contributed by atoms with van der Waals surface area (Å²) in [6, 6.07) is 4.30. The number of ether oxygens (including phenoxy) is 1. The van der Waals surface area contributed by atoms with E-state index in [1.807, 2.05) is 6.92 Å². The van der Waals surface area contributed by atoms with E-state index in [0.29, 0.717) is 5.75 Å². The predicted octanol–water partition coefficient (Wildman–Crippen LogP) is 3.33. The van der Waals surface area contributed by atoms with Crippen LogP contribution in [-0.4, -0.2) is 6.10 Å². The van der Waals surface area contributed by atoms with Crippen molar-refractivity contribution in [2.45, 2.75) is 38.3 Å². The summed E-state index contributed by atoms with van der Waals surface area (Å²) in [5.74, 6) is 0.418. The summed E-state index contributed by atoms with van der Waals surface area (Å²) < 4.78 is 19.0. The van der Waals surface area contributed by atoms with Gasteiger partial charge >= 0.3 is 0 Å². The summed E-state index contributed by atoms with van der Waals surface area (Å²) in [5.41, 5.74) is 6.55. The molecule has 1 aromatic rings. The molecule has 2 rings (SSSR count). The van der Waals surface area contributed by atoms with Crippen LogP contribution in [-0.2, 0) is 0 Å². The molecule has 2 nitrogen and oxygen atoms in total. The average molecular weight is 235 g/mol. The zero-order valence-electron chi connectivity index (χ0n) is 10.0. The van der Waals surface area contributed by atoms with Gasteiger partial charge in [0.25, 0.3) is 0 Å². The number of hydrogen-bond donors (Lipinski definition) is 1. The second-order valence-electron chi connectivity index (χ2n) is 4.49. The fraction of sp³-hybridized carbons (Fsp3) is 0.429. The Hall–Kier alpha value is -1.35. The largest absolute Gasteiger partial charge is 0.486 e. The van der Waals surface area contributed by atoms with E-state index in [-0.39, 0.29) is 18.0 Å². The maximum atomic E-state index is 13.2. The molecule has 0 radical (unpaired) electrons. The van der Waals surface area contributed by atoms with E-state index in [1.165, 1.54) is 12.1 Å². The Morgan fingerprint density at radius 2 is 2.29 bits per heavy atom. The molecule has 1 aliphatic carbocycles. The van der Waals surface area contributed by atoms with Gasteiger partial charge in [-0.15, -0.1) is 0 Å². The standard InChI is InChI=1S/C14H18FNO/c1-10(16)13-9-11(15)7-8-14(13)17-12-5-3-2-4-6-12/h3,5,7-10,12H,2,4,6,16H2,1H3/t10-,12?/m1/s1. The van der Waals surface area contributed by atoms with Crippen molar-refractivity contribution in [1.82, 2.24) is 0 Å². The van der Waals surface area contributed by atoms with Crippen molar-refractivity contribution in [1.29, 1.82) is 0 Å². The first kappa shape index (κ1) is 12.1. The summed E-state index contributed by atoms with van der Waals surface area (Å²) in [6.07, 6.45) is 7.54. The van der Waals surface area contributed by atoms with Crippen LogP contribution in [0, 0.1) is 5.82 Å². The Labute approximate surface area is 101 Å². The van der Waals surface area contributed by atoms with Gasteiger partial charge in [0.1, 0.15) is 17.7 Å². The first-order valence-electron chi connectivity index (χ1n) is 6.05. The number of rotatable bonds is 3. The van der Waals surface area contributed by atoms with Crippen molar-refractivity contribution in [2.75, 3.05) is 0 Å². The van der Waals surface area contributed by atoms with E-state index < -0.39 is 0 Å². The van der Waals surface area contributed by atoms with Crippen LogP contribution in [0.4, 0.5) is 4.39 Å². The van der Waals surface area contributed by atoms with Crippen LogP contribution in [0.25, 0.3) is 0 Å². The van der Waals surface area contributed by atoms with E-state index in [1.54, 1.807) is 6.07 Å². The van der Waals surface area contributed by atoms with Crippen molar-refractivity contribution in [3.8, 4) is 5.75 Å². The minimum atomic E-state index is -0.274. The molecule has 0 saturated carbocycles. The Kier molecular flexibility index (Phi) is 3.79. The van der Waals surface area contributed by atoms with Gasteiger partial charge in [-0.2, -0.15) is 0 Å². The Morgan fingerprint density at radius 3 is 2.94 bits per heavy atom. The molecule has 0 fully saturated rings. The minimum Gasteiger partial charge on any atom is -0.486 e. The van der Waals surface area contributed by atoms with E-state index in [4.69, 9.17) is 10.5 Å². The van der Waals surface area contributed by atoms with Crippen LogP contribution in [0.2, 0.25) is 0 Å². The smallest absolute Gasteiger partial charge is 0.125 e. The summed E-state index contributed by atoms with van der Waals surface area (Å²) >= 11 is 0. The van der Waals surface area contributed by atoms with Gasteiger partial charge < -0.3 is 10.5 Å². The fourth-order valence-corrected chi connectivity index (χ4v) is 2.02. The van der Waals surface area contributed by atoms with Gasteiger partial charge in [-0.3, -0.25) is 0 Å². The molecule has 17 heavy (non-hydrogen) atoms. The number of nitrogens with two attached hydrogens (primary N) is 1. The van der Waals surface area contributed by atoms with Crippen molar-refractivity contribution in [2.24, 2.45) is 5.73 Å². The van der Waals surface area contributed by atoms with Crippen molar-refractivity contribution >= 4 is 0 Å². The molecule has 1 aliphatic rings. The third-order valence-corrected chi connectivity index (χ3v) is 2.95. The fourth-order valence-electron chi connectivity index (χ4n) is 2.02. The summed E-state index contributed by atoms with van der Waals surface area (Å²) in [6.45, 7) is 1.83. The van der Waals surface area contributed by atoms with Crippen molar-refractivity contribution < 1.29 is 9.13 Å². The zero-order chi connectivity index (χ0) is 12.3. The lowest BCUT2D eigenvalue weighted by Crippen LogP contribution is -2.18. The maximum Gasteiger partial charge on any atom is 0.125 e. The topological polar surface area (TPSA) is 35.2 Å². The van der Waals surface area contributed by atoms with Gasteiger partial charge in [0.15, 0.2) is 0 Å². The zero-order valence-corrected chi connectivity index (χ0v) is 10.0.